The van der Waals surface area contributed by atoms with Gasteiger partial charge in [-0.15, -0.1) is 0 Å². The van der Waals surface area contributed by atoms with Crippen molar-refractivity contribution in [2.75, 3.05) is 13.1 Å². The molecule has 4 heterocycles. The van der Waals surface area contributed by atoms with Crippen LogP contribution in [0.2, 0.25) is 0 Å². The number of para-hydroxylation sites is 1. The first-order chi connectivity index (χ1) is 13.8. The molecule has 142 valence electrons. The van der Waals surface area contributed by atoms with Gasteiger partial charge in [0.15, 0.2) is 5.82 Å². The highest BCUT2D eigenvalue weighted by molar-refractivity contribution is 5.82. The van der Waals surface area contributed by atoms with Gasteiger partial charge in [0.25, 0.3) is 0 Å². The Balaban J connectivity index is 1.27. The molecule has 1 fully saturated rings. The Labute approximate surface area is 164 Å². The van der Waals surface area contributed by atoms with E-state index in [1.807, 2.05) is 12.4 Å². The van der Waals surface area contributed by atoms with Gasteiger partial charge in [0.05, 0.1) is 11.9 Å². The van der Waals surface area contributed by atoms with Crippen molar-refractivity contribution in [3.05, 3.63) is 66.5 Å². The molecular weight excluding hydrogens is 348 g/mol. The number of likely N-dealkylation sites (tertiary alicyclic amines) is 1. The van der Waals surface area contributed by atoms with Crippen molar-refractivity contribution in [1.29, 1.82) is 0 Å². The van der Waals surface area contributed by atoms with Crippen molar-refractivity contribution in [2.24, 2.45) is 5.92 Å². The molecule has 0 aliphatic carbocycles. The maximum atomic E-state index is 4.77. The van der Waals surface area contributed by atoms with Gasteiger partial charge in [-0.25, -0.2) is 9.97 Å². The lowest BCUT2D eigenvalue weighted by Gasteiger charge is -2.32. The smallest absolute Gasteiger partial charge is 0.157 e. The summed E-state index contributed by atoms with van der Waals surface area (Å²) in [5.41, 5.74) is 4.47. The van der Waals surface area contributed by atoms with E-state index in [0.717, 1.165) is 43.3 Å². The van der Waals surface area contributed by atoms with E-state index in [-0.39, 0.29) is 0 Å². The van der Waals surface area contributed by atoms with Crippen molar-refractivity contribution in [3.63, 3.8) is 0 Å². The van der Waals surface area contributed by atoms with Crippen LogP contribution >= 0.6 is 0 Å². The van der Waals surface area contributed by atoms with Crippen molar-refractivity contribution in [3.8, 4) is 11.5 Å². The van der Waals surface area contributed by atoms with Gasteiger partial charge in [-0.1, -0.05) is 18.2 Å². The van der Waals surface area contributed by atoms with Crippen LogP contribution in [-0.4, -0.2) is 42.9 Å². The summed E-state index contributed by atoms with van der Waals surface area (Å²) in [5, 5.41) is 1.33. The monoisotopic (exact) mass is 372 g/mol. The normalized spacial score (nSPS) is 17.9. The highest BCUT2D eigenvalue weighted by atomic mass is 15.1. The highest BCUT2D eigenvalue weighted by Crippen LogP contribution is 2.25. The molecule has 0 amide bonds. The minimum absolute atomic E-state index is 0.611. The zero-order chi connectivity index (χ0) is 18.8. The Morgan fingerprint density at radius 3 is 3.04 bits per heavy atom. The molecule has 3 aromatic heterocycles. The largest absolute Gasteiger partial charge is 0.361 e. The Morgan fingerprint density at radius 2 is 2.11 bits per heavy atom. The van der Waals surface area contributed by atoms with Gasteiger partial charge >= 0.3 is 0 Å². The lowest BCUT2D eigenvalue weighted by Crippen LogP contribution is -2.35. The van der Waals surface area contributed by atoms with E-state index >= 15 is 0 Å². The van der Waals surface area contributed by atoms with E-state index < -0.39 is 0 Å². The average molecular weight is 372 g/mol. The molecule has 6 nitrogen and oxygen atoms in total. The third-order valence-electron chi connectivity index (χ3n) is 5.60. The summed E-state index contributed by atoms with van der Waals surface area (Å²) in [6.45, 7) is 3.26. The van der Waals surface area contributed by atoms with Crippen molar-refractivity contribution in [1.82, 2.24) is 29.8 Å². The fraction of sp³-hybridized carbons (Fsp3) is 0.318. The fourth-order valence-electron chi connectivity index (χ4n) is 4.28. The van der Waals surface area contributed by atoms with E-state index in [0.29, 0.717) is 5.92 Å². The van der Waals surface area contributed by atoms with Gasteiger partial charge in [-0.05, 0) is 43.4 Å². The van der Waals surface area contributed by atoms with Gasteiger partial charge in [0.2, 0.25) is 0 Å². The van der Waals surface area contributed by atoms with Gasteiger partial charge in [0, 0.05) is 48.8 Å². The van der Waals surface area contributed by atoms with Crippen LogP contribution in [0.3, 0.4) is 0 Å². The standard InChI is InChI=1S/C22H24N6/c1-2-6-20-19(5-1)17(11-26-20)15-28-9-3-4-16(14-28)10-18-12-23-13-21(27-18)22-24-7-8-25-22/h1-2,5-8,11-13,16,26H,3-4,9-10,14-15H2,(H,24,25)/t16-/m1/s1. The lowest BCUT2D eigenvalue weighted by molar-refractivity contribution is 0.167. The molecule has 1 aliphatic heterocycles. The van der Waals surface area contributed by atoms with Gasteiger partial charge in [0.1, 0.15) is 5.69 Å². The van der Waals surface area contributed by atoms with Crippen LogP contribution in [-0.2, 0) is 13.0 Å². The number of aromatic nitrogens is 5. The minimum Gasteiger partial charge on any atom is -0.361 e. The molecule has 1 aromatic carbocycles. The number of rotatable bonds is 5. The van der Waals surface area contributed by atoms with Crippen LogP contribution in [0.15, 0.2) is 55.2 Å². The fourth-order valence-corrected chi connectivity index (χ4v) is 4.28. The molecule has 0 saturated carbocycles. The van der Waals surface area contributed by atoms with E-state index in [9.17, 15) is 0 Å². The van der Waals surface area contributed by atoms with E-state index in [1.165, 1.54) is 29.3 Å². The Hall–Kier alpha value is -2.99. The van der Waals surface area contributed by atoms with Crippen LogP contribution in [0.4, 0.5) is 0 Å². The van der Waals surface area contributed by atoms with Crippen LogP contribution in [0, 0.1) is 5.92 Å². The first kappa shape index (κ1) is 17.1. The molecule has 1 aliphatic rings. The maximum Gasteiger partial charge on any atom is 0.157 e. The summed E-state index contributed by atoms with van der Waals surface area (Å²) in [4.78, 5) is 22.5. The highest BCUT2D eigenvalue weighted by Gasteiger charge is 2.22. The number of aromatic amines is 2. The third kappa shape index (κ3) is 3.55. The predicted molar refractivity (Wildman–Crippen MR) is 110 cm³/mol. The minimum atomic E-state index is 0.611. The average Bonchev–Trinajstić information content (AvgIpc) is 3.39. The van der Waals surface area contributed by atoms with Crippen molar-refractivity contribution >= 4 is 10.9 Å². The summed E-state index contributed by atoms with van der Waals surface area (Å²) in [7, 11) is 0. The molecular formula is C22H24N6. The first-order valence-corrected chi connectivity index (χ1v) is 9.93. The summed E-state index contributed by atoms with van der Waals surface area (Å²) in [6.07, 6.45) is 12.8. The van der Waals surface area contributed by atoms with Crippen molar-refractivity contribution < 1.29 is 0 Å². The second-order valence-electron chi connectivity index (χ2n) is 7.64. The summed E-state index contributed by atoms with van der Waals surface area (Å²) < 4.78 is 0. The Morgan fingerprint density at radius 1 is 1.14 bits per heavy atom. The lowest BCUT2D eigenvalue weighted by atomic mass is 9.93. The molecule has 6 heteroatoms. The molecule has 5 rings (SSSR count). The third-order valence-corrected chi connectivity index (χ3v) is 5.60. The van der Waals surface area contributed by atoms with Crippen molar-refractivity contribution in [2.45, 2.75) is 25.8 Å². The second-order valence-corrected chi connectivity index (χ2v) is 7.64. The molecule has 28 heavy (non-hydrogen) atoms. The zero-order valence-electron chi connectivity index (χ0n) is 15.8. The number of hydrogen-bond donors (Lipinski definition) is 2. The molecule has 0 bridgehead atoms. The number of hydrogen-bond acceptors (Lipinski definition) is 4. The first-order valence-electron chi connectivity index (χ1n) is 9.93. The van der Waals surface area contributed by atoms with E-state index in [4.69, 9.17) is 4.98 Å². The van der Waals surface area contributed by atoms with Crippen LogP contribution < -0.4 is 0 Å². The summed E-state index contributed by atoms with van der Waals surface area (Å²) in [6, 6.07) is 8.54. The van der Waals surface area contributed by atoms with E-state index in [1.54, 1.807) is 12.4 Å². The summed E-state index contributed by atoms with van der Waals surface area (Å²) >= 11 is 0. The number of H-pyrrole nitrogens is 2. The second kappa shape index (κ2) is 7.56. The molecule has 1 atom stereocenters. The number of nitrogens with zero attached hydrogens (tertiary/aromatic N) is 4. The molecule has 1 saturated heterocycles. The number of fused-ring (bicyclic) bond motifs is 1. The number of benzene rings is 1. The zero-order valence-corrected chi connectivity index (χ0v) is 15.8. The topological polar surface area (TPSA) is 73.5 Å². The Bertz CT molecular complexity index is 1050. The quantitative estimate of drug-likeness (QED) is 0.559. The van der Waals surface area contributed by atoms with Crippen LogP contribution in [0.5, 0.6) is 0 Å². The molecule has 0 unspecified atom stereocenters. The molecule has 4 aromatic rings. The molecule has 2 N–H and O–H groups in total. The number of imidazole rings is 1. The van der Waals surface area contributed by atoms with Gasteiger partial charge < -0.3 is 9.97 Å². The van der Waals surface area contributed by atoms with Crippen LogP contribution in [0.1, 0.15) is 24.1 Å². The maximum absolute atomic E-state index is 4.77. The molecule has 0 spiro atoms. The SMILES string of the molecule is c1ccc2c(CN3CCC[C@H](Cc4cncc(-c5ncc[nH]5)n4)C3)c[nH]c2c1. The summed E-state index contributed by atoms with van der Waals surface area (Å²) in [5.74, 6) is 1.39. The number of piperidine rings is 1. The van der Waals surface area contributed by atoms with Gasteiger partial charge in [-0.2, -0.15) is 0 Å². The van der Waals surface area contributed by atoms with E-state index in [2.05, 4.69) is 55.3 Å². The molecule has 0 radical (unpaired) electrons. The van der Waals surface area contributed by atoms with Gasteiger partial charge in [-0.3, -0.25) is 9.88 Å². The predicted octanol–water partition coefficient (Wildman–Crippen LogP) is 3.80. The van der Waals surface area contributed by atoms with Crippen LogP contribution in [0.25, 0.3) is 22.4 Å². The number of nitrogens with one attached hydrogen (secondary N) is 2. The Kier molecular flexibility index (Phi) is 4.62.